The average Bonchev–Trinajstić information content (AvgIpc) is 4.02. The molecule has 4 rings (SSSR count). The maximum absolute atomic E-state index is 14.8. The van der Waals surface area contributed by atoms with Gasteiger partial charge in [-0.05, 0) is 106 Å². The second kappa shape index (κ2) is 28.7. The molecule has 5 amide bonds. The SMILES string of the molecule is CC[C@@H](C)C(=O)N[C@H](C(=O)N1CCC[C@H]1CN(CCc1ccccc1F)C(=O)CCCCCCCCC(=O)N(CCc1ccccc1F)C[C@@H]1CCCN1C(=O)[C@@H](CC(=O)[C@H](C)NC)C(C)(C)C)C(C)(C)C. The normalized spacial score (nSPS) is 17.8. The fourth-order valence-electron chi connectivity index (χ4n) is 10.1. The molecule has 2 heterocycles. The molecule has 0 aromatic heterocycles. The minimum Gasteiger partial charge on any atom is -0.344 e. The van der Waals surface area contributed by atoms with Crippen molar-refractivity contribution in [1.29, 1.82) is 0 Å². The molecule has 2 aromatic rings. The molecule has 0 unspecified atom stereocenters. The quantitative estimate of drug-likeness (QED) is 0.0811. The fourth-order valence-corrected chi connectivity index (χ4v) is 10.1. The number of unbranched alkanes of at least 4 members (excludes halogenated alkanes) is 5. The lowest BCUT2D eigenvalue weighted by atomic mass is 9.76. The molecule has 0 spiro atoms. The molecule has 2 saturated heterocycles. The highest BCUT2D eigenvalue weighted by Crippen LogP contribution is 2.34. The highest BCUT2D eigenvalue weighted by molar-refractivity contribution is 5.91. The molecule has 0 bridgehead atoms. The minimum absolute atomic E-state index is 0.00893. The molecular weight excluding hydrogens is 915 g/mol. The number of ketones is 1. The summed E-state index contributed by atoms with van der Waals surface area (Å²) in [5.74, 6) is -1.75. The fraction of sp³-hybridized carbons (Fsp3) is 0.690. The summed E-state index contributed by atoms with van der Waals surface area (Å²) in [6, 6.07) is 11.7. The van der Waals surface area contributed by atoms with Gasteiger partial charge in [-0.3, -0.25) is 28.8 Å². The van der Waals surface area contributed by atoms with Crippen LogP contribution in [0.25, 0.3) is 0 Å². The summed E-state index contributed by atoms with van der Waals surface area (Å²) < 4.78 is 29.5. The van der Waals surface area contributed by atoms with E-state index < -0.39 is 22.8 Å². The van der Waals surface area contributed by atoms with Crippen LogP contribution in [0, 0.1) is 34.3 Å². The van der Waals surface area contributed by atoms with Gasteiger partial charge < -0.3 is 30.2 Å². The van der Waals surface area contributed by atoms with E-state index in [1.165, 1.54) is 12.1 Å². The maximum atomic E-state index is 14.8. The average molecular weight is 1010 g/mol. The Kier molecular flexibility index (Phi) is 23.8. The van der Waals surface area contributed by atoms with E-state index in [0.717, 1.165) is 51.4 Å². The van der Waals surface area contributed by atoms with Gasteiger partial charge in [-0.1, -0.05) is 117 Å². The van der Waals surface area contributed by atoms with Crippen molar-refractivity contribution in [2.75, 3.05) is 46.3 Å². The molecule has 2 fully saturated rings. The van der Waals surface area contributed by atoms with E-state index in [1.54, 1.807) is 48.3 Å². The first kappa shape index (κ1) is 59.8. The van der Waals surface area contributed by atoms with Crippen molar-refractivity contribution in [2.24, 2.45) is 22.7 Å². The van der Waals surface area contributed by atoms with Gasteiger partial charge in [0.1, 0.15) is 23.5 Å². The Hall–Kier alpha value is -4.72. The number of benzene rings is 2. The van der Waals surface area contributed by atoms with Crippen LogP contribution >= 0.6 is 0 Å². The van der Waals surface area contributed by atoms with E-state index >= 15 is 0 Å². The Balaban J connectivity index is 1.34. The van der Waals surface area contributed by atoms with Crippen molar-refractivity contribution >= 4 is 35.3 Å². The minimum atomic E-state index is -0.714. The number of carbonyl (C=O) groups is 6. The van der Waals surface area contributed by atoms with Crippen molar-refractivity contribution in [3.63, 3.8) is 0 Å². The molecule has 72 heavy (non-hydrogen) atoms. The number of hydrogen-bond acceptors (Lipinski definition) is 7. The molecule has 2 aliphatic heterocycles. The number of likely N-dealkylation sites (N-methyl/N-ethyl adjacent to an activating group) is 1. The van der Waals surface area contributed by atoms with Gasteiger partial charge in [0.25, 0.3) is 0 Å². The van der Waals surface area contributed by atoms with Crippen LogP contribution in [0.2, 0.25) is 0 Å². The molecule has 12 nitrogen and oxygen atoms in total. The van der Waals surface area contributed by atoms with E-state index in [1.807, 2.05) is 77.0 Å². The van der Waals surface area contributed by atoms with E-state index in [2.05, 4.69) is 10.6 Å². The number of halogens is 2. The predicted octanol–water partition coefficient (Wildman–Crippen LogP) is 9.32. The number of nitrogens with zero attached hydrogens (tertiary/aromatic N) is 4. The highest BCUT2D eigenvalue weighted by atomic mass is 19.1. The van der Waals surface area contributed by atoms with Crippen LogP contribution in [0.15, 0.2) is 48.5 Å². The molecule has 0 aliphatic carbocycles. The summed E-state index contributed by atoms with van der Waals surface area (Å²) >= 11 is 0. The van der Waals surface area contributed by atoms with Gasteiger partial charge in [0, 0.05) is 82.5 Å². The predicted molar refractivity (Wildman–Crippen MR) is 282 cm³/mol. The van der Waals surface area contributed by atoms with Crippen LogP contribution in [0.4, 0.5) is 8.78 Å². The zero-order valence-electron chi connectivity index (χ0n) is 45.6. The van der Waals surface area contributed by atoms with Crippen molar-refractivity contribution in [3.05, 3.63) is 71.3 Å². The maximum Gasteiger partial charge on any atom is 0.246 e. The van der Waals surface area contributed by atoms with Gasteiger partial charge in [0.05, 0.1) is 6.04 Å². The van der Waals surface area contributed by atoms with Gasteiger partial charge in [0.2, 0.25) is 29.5 Å². The van der Waals surface area contributed by atoms with E-state index in [4.69, 9.17) is 0 Å². The molecular formula is C58H90F2N6O6. The third-order valence-corrected chi connectivity index (χ3v) is 15.3. The smallest absolute Gasteiger partial charge is 0.246 e. The molecule has 402 valence electrons. The molecule has 0 saturated carbocycles. The summed E-state index contributed by atoms with van der Waals surface area (Å²) in [6.07, 6.45) is 10.0. The van der Waals surface area contributed by atoms with Gasteiger partial charge in [0.15, 0.2) is 0 Å². The first-order chi connectivity index (χ1) is 34.1. The second-order valence-electron chi connectivity index (χ2n) is 22.9. The van der Waals surface area contributed by atoms with Crippen molar-refractivity contribution in [2.45, 2.75) is 189 Å². The van der Waals surface area contributed by atoms with Gasteiger partial charge in [-0.2, -0.15) is 0 Å². The van der Waals surface area contributed by atoms with Crippen LogP contribution in [-0.4, -0.2) is 125 Å². The Morgan fingerprint density at radius 1 is 0.667 bits per heavy atom. The summed E-state index contributed by atoms with van der Waals surface area (Å²) in [5, 5.41) is 6.04. The Morgan fingerprint density at radius 2 is 1.11 bits per heavy atom. The molecule has 6 atom stereocenters. The third kappa shape index (κ3) is 18.0. The number of carbonyl (C=O) groups excluding carboxylic acids is 6. The lowest BCUT2D eigenvalue weighted by molar-refractivity contribution is -0.144. The van der Waals surface area contributed by atoms with Crippen LogP contribution < -0.4 is 10.6 Å². The van der Waals surface area contributed by atoms with Crippen molar-refractivity contribution in [1.82, 2.24) is 30.2 Å². The molecule has 0 radical (unpaired) electrons. The Morgan fingerprint density at radius 3 is 1.53 bits per heavy atom. The van der Waals surface area contributed by atoms with E-state index in [0.29, 0.717) is 95.3 Å². The molecule has 14 heteroatoms. The number of nitrogens with one attached hydrogen (secondary N) is 2. The number of hydrogen-bond donors (Lipinski definition) is 2. The highest BCUT2D eigenvalue weighted by Gasteiger charge is 2.42. The Labute approximate surface area is 431 Å². The zero-order chi connectivity index (χ0) is 53.2. The number of likely N-dealkylation sites (tertiary alicyclic amines) is 2. The zero-order valence-corrected chi connectivity index (χ0v) is 45.6. The van der Waals surface area contributed by atoms with Crippen molar-refractivity contribution in [3.8, 4) is 0 Å². The summed E-state index contributed by atoms with van der Waals surface area (Å²) in [4.78, 5) is 89.9. The lowest BCUT2D eigenvalue weighted by Crippen LogP contribution is -2.57. The van der Waals surface area contributed by atoms with Crippen LogP contribution in [0.5, 0.6) is 0 Å². The molecule has 2 aliphatic rings. The van der Waals surface area contributed by atoms with Crippen LogP contribution in [-0.2, 0) is 41.6 Å². The second-order valence-corrected chi connectivity index (χ2v) is 22.9. The topological polar surface area (TPSA) is 139 Å². The molecule has 2 aromatic carbocycles. The van der Waals surface area contributed by atoms with Crippen molar-refractivity contribution < 1.29 is 37.5 Å². The monoisotopic (exact) mass is 1000 g/mol. The third-order valence-electron chi connectivity index (χ3n) is 15.3. The number of rotatable bonds is 28. The summed E-state index contributed by atoms with van der Waals surface area (Å²) in [7, 11) is 1.74. The lowest BCUT2D eigenvalue weighted by Gasteiger charge is -2.37. The summed E-state index contributed by atoms with van der Waals surface area (Å²) in [6.45, 7) is 19.9. The number of amides is 5. The van der Waals surface area contributed by atoms with E-state index in [-0.39, 0.29) is 77.4 Å². The first-order valence-corrected chi connectivity index (χ1v) is 27.2. The van der Waals surface area contributed by atoms with E-state index in [9.17, 15) is 37.5 Å². The van der Waals surface area contributed by atoms with Crippen LogP contribution in [0.3, 0.4) is 0 Å². The van der Waals surface area contributed by atoms with Gasteiger partial charge >= 0.3 is 0 Å². The van der Waals surface area contributed by atoms with Crippen LogP contribution in [0.1, 0.15) is 163 Å². The summed E-state index contributed by atoms with van der Waals surface area (Å²) in [5.41, 5.74) is 0.0998. The standard InChI is InChI=1S/C58H90F2N6O6/c1-11-41(2)54(70)62-53(58(7,8)9)56(72)66-35-23-27-46(66)40-64(37-33-44-25-19-21-29-49(44)60)52(69)31-17-15-13-12-14-16-30-51(68)63(36-32-43-24-18-20-28-48(43)59)39-45-26-22-34-65(45)55(71)47(57(4,5)6)38-50(67)42(3)61-10/h18-21,24-25,28-29,41-42,45-47,53,61H,11-17,22-23,26-27,30-40H2,1-10H3,(H,62,70)/t41-,42+,45+,46+,47-,53-/m1/s1. The first-order valence-electron chi connectivity index (χ1n) is 27.2. The van der Waals surface area contributed by atoms with Gasteiger partial charge in [-0.15, -0.1) is 0 Å². The largest absolute Gasteiger partial charge is 0.344 e. The Bertz CT molecular complexity index is 1940. The molecule has 2 N–H and O–H groups in total. The number of Topliss-reactive ketones (excluding diaryl/α,β-unsaturated/α-hetero) is 1. The van der Waals surface area contributed by atoms with Gasteiger partial charge in [-0.25, -0.2) is 8.78 Å².